The Morgan fingerprint density at radius 2 is 2.04 bits per heavy atom. The third kappa shape index (κ3) is 3.46. The zero-order valence-electron chi connectivity index (χ0n) is 15.0. The molecule has 0 atom stereocenters. The lowest BCUT2D eigenvalue weighted by Gasteiger charge is -2.20. The predicted molar refractivity (Wildman–Crippen MR) is 99.2 cm³/mol. The van der Waals surface area contributed by atoms with Gasteiger partial charge < -0.3 is 14.2 Å². The molecule has 0 aliphatic carbocycles. The molecule has 1 amide bonds. The fourth-order valence-corrected chi connectivity index (χ4v) is 3.87. The molecular weight excluding hydrogens is 340 g/mol. The number of rotatable bonds is 4. The highest BCUT2D eigenvalue weighted by atomic mass is 32.2. The SMILES string of the molecule is COc1cc(/C=C2/SC(=NC(C)C)N(C(C)C)C2=O)cc2c1OCO2. The summed E-state index contributed by atoms with van der Waals surface area (Å²) in [5, 5.41) is 0.744. The van der Waals surface area contributed by atoms with E-state index < -0.39 is 0 Å². The number of thioether (sulfide) groups is 1. The molecule has 25 heavy (non-hydrogen) atoms. The average molecular weight is 362 g/mol. The van der Waals surface area contributed by atoms with Crippen LogP contribution in [0.5, 0.6) is 17.2 Å². The highest BCUT2D eigenvalue weighted by Crippen LogP contribution is 2.43. The number of carbonyl (C=O) groups is 1. The molecule has 7 heteroatoms. The van der Waals surface area contributed by atoms with Crippen molar-refractivity contribution in [3.63, 3.8) is 0 Å². The number of aliphatic imine (C=N–C) groups is 1. The number of hydrogen-bond donors (Lipinski definition) is 0. The van der Waals surface area contributed by atoms with Gasteiger partial charge in [0, 0.05) is 12.1 Å². The first kappa shape index (κ1) is 17.7. The summed E-state index contributed by atoms with van der Waals surface area (Å²) in [6.07, 6.45) is 1.84. The molecule has 3 rings (SSSR count). The van der Waals surface area contributed by atoms with Crippen molar-refractivity contribution < 1.29 is 19.0 Å². The molecule has 1 aromatic carbocycles. The summed E-state index contributed by atoms with van der Waals surface area (Å²) in [6, 6.07) is 3.87. The summed E-state index contributed by atoms with van der Waals surface area (Å²) >= 11 is 1.40. The van der Waals surface area contributed by atoms with Gasteiger partial charge in [-0.05, 0) is 63.2 Å². The molecule has 0 bridgehead atoms. The number of benzene rings is 1. The summed E-state index contributed by atoms with van der Waals surface area (Å²) in [6.45, 7) is 8.15. The van der Waals surface area contributed by atoms with Crippen LogP contribution >= 0.6 is 11.8 Å². The monoisotopic (exact) mass is 362 g/mol. The molecule has 1 fully saturated rings. The van der Waals surface area contributed by atoms with Crippen LogP contribution in [0.4, 0.5) is 0 Å². The fourth-order valence-electron chi connectivity index (χ4n) is 2.64. The third-order valence-corrected chi connectivity index (χ3v) is 4.70. The summed E-state index contributed by atoms with van der Waals surface area (Å²) in [5.41, 5.74) is 0.825. The molecule has 0 saturated carbocycles. The van der Waals surface area contributed by atoms with Gasteiger partial charge in [-0.25, -0.2) is 0 Å². The Hall–Kier alpha value is -2.15. The minimum atomic E-state index is -0.0315. The predicted octanol–water partition coefficient (Wildman–Crippen LogP) is 3.51. The van der Waals surface area contributed by atoms with Crippen molar-refractivity contribution in [3.05, 3.63) is 22.6 Å². The van der Waals surface area contributed by atoms with Gasteiger partial charge in [-0.15, -0.1) is 0 Å². The Kier molecular flexibility index (Phi) is 4.94. The molecule has 0 aromatic heterocycles. The van der Waals surface area contributed by atoms with Crippen molar-refractivity contribution in [1.29, 1.82) is 0 Å². The van der Waals surface area contributed by atoms with E-state index >= 15 is 0 Å². The van der Waals surface area contributed by atoms with Crippen LogP contribution in [-0.4, -0.2) is 42.0 Å². The Morgan fingerprint density at radius 1 is 1.28 bits per heavy atom. The van der Waals surface area contributed by atoms with Crippen molar-refractivity contribution in [2.45, 2.75) is 39.8 Å². The lowest BCUT2D eigenvalue weighted by molar-refractivity contribution is -0.123. The standard InChI is InChI=1S/C18H22N2O4S/c1-10(2)19-18-20(11(3)4)17(21)15(25-18)8-12-6-13(22-5)16-14(7-12)23-9-24-16/h6-8,10-11H,9H2,1-5H3/b15-8+,19-18?. The van der Waals surface area contributed by atoms with Crippen LogP contribution in [-0.2, 0) is 4.79 Å². The molecule has 2 heterocycles. The molecule has 2 aliphatic rings. The number of amides is 1. The van der Waals surface area contributed by atoms with E-state index in [1.54, 1.807) is 12.0 Å². The van der Waals surface area contributed by atoms with Crippen molar-refractivity contribution >= 4 is 28.9 Å². The van der Waals surface area contributed by atoms with Gasteiger partial charge in [0.25, 0.3) is 5.91 Å². The zero-order valence-corrected chi connectivity index (χ0v) is 15.8. The van der Waals surface area contributed by atoms with E-state index in [1.165, 1.54) is 11.8 Å². The molecule has 0 radical (unpaired) electrons. The first-order chi connectivity index (χ1) is 11.9. The number of carbonyl (C=O) groups excluding carboxylic acids is 1. The van der Waals surface area contributed by atoms with Crippen LogP contribution in [0, 0.1) is 0 Å². The number of nitrogens with zero attached hydrogens (tertiary/aromatic N) is 2. The van der Waals surface area contributed by atoms with E-state index in [9.17, 15) is 4.79 Å². The lowest BCUT2D eigenvalue weighted by atomic mass is 10.1. The minimum absolute atomic E-state index is 0.0315. The maximum Gasteiger partial charge on any atom is 0.266 e. The number of ether oxygens (including phenoxy) is 3. The Balaban J connectivity index is 1.98. The number of amidine groups is 1. The zero-order chi connectivity index (χ0) is 18.1. The number of methoxy groups -OCH3 is 1. The van der Waals surface area contributed by atoms with Gasteiger partial charge in [-0.3, -0.25) is 14.7 Å². The van der Waals surface area contributed by atoms with Gasteiger partial charge in [-0.1, -0.05) is 0 Å². The first-order valence-corrected chi connectivity index (χ1v) is 9.01. The molecular formula is C18H22N2O4S. The topological polar surface area (TPSA) is 60.4 Å². The summed E-state index contributed by atoms with van der Waals surface area (Å²) < 4.78 is 16.2. The second-order valence-corrected chi connectivity index (χ2v) is 7.35. The summed E-state index contributed by atoms with van der Waals surface area (Å²) in [5.74, 6) is 1.78. The Labute approximate surface area is 151 Å². The van der Waals surface area contributed by atoms with Crippen LogP contribution in [0.15, 0.2) is 22.0 Å². The van der Waals surface area contributed by atoms with Gasteiger partial charge in [0.05, 0.1) is 12.0 Å². The van der Waals surface area contributed by atoms with Crippen LogP contribution in [0.25, 0.3) is 6.08 Å². The smallest absolute Gasteiger partial charge is 0.266 e. The van der Waals surface area contributed by atoms with E-state index in [1.807, 2.05) is 45.9 Å². The summed E-state index contributed by atoms with van der Waals surface area (Å²) in [4.78, 5) is 19.8. The largest absolute Gasteiger partial charge is 0.493 e. The second-order valence-electron chi connectivity index (χ2n) is 6.34. The molecule has 1 aromatic rings. The van der Waals surface area contributed by atoms with Gasteiger partial charge in [-0.2, -0.15) is 0 Å². The lowest BCUT2D eigenvalue weighted by Crippen LogP contribution is -2.35. The Morgan fingerprint density at radius 3 is 2.68 bits per heavy atom. The van der Waals surface area contributed by atoms with Crippen LogP contribution in [0.3, 0.4) is 0 Å². The van der Waals surface area contributed by atoms with Crippen molar-refractivity contribution in [3.8, 4) is 17.2 Å². The molecule has 134 valence electrons. The van der Waals surface area contributed by atoms with E-state index in [0.717, 1.165) is 10.7 Å². The quantitative estimate of drug-likeness (QED) is 0.767. The molecule has 1 saturated heterocycles. The Bertz CT molecular complexity index is 756. The highest BCUT2D eigenvalue weighted by molar-refractivity contribution is 8.18. The van der Waals surface area contributed by atoms with Crippen LogP contribution in [0.2, 0.25) is 0 Å². The van der Waals surface area contributed by atoms with Gasteiger partial charge in [0.1, 0.15) is 0 Å². The van der Waals surface area contributed by atoms with E-state index in [4.69, 9.17) is 14.2 Å². The minimum Gasteiger partial charge on any atom is -0.493 e. The first-order valence-electron chi connectivity index (χ1n) is 8.19. The third-order valence-electron chi connectivity index (χ3n) is 3.70. The van der Waals surface area contributed by atoms with Crippen molar-refractivity contribution in [2.75, 3.05) is 13.9 Å². The maximum atomic E-state index is 12.8. The summed E-state index contributed by atoms with van der Waals surface area (Å²) in [7, 11) is 1.58. The van der Waals surface area contributed by atoms with E-state index in [-0.39, 0.29) is 24.8 Å². The normalized spacial score (nSPS) is 19.8. The molecule has 0 spiro atoms. The molecule has 0 unspecified atom stereocenters. The van der Waals surface area contributed by atoms with E-state index in [2.05, 4.69) is 4.99 Å². The van der Waals surface area contributed by atoms with Gasteiger partial charge >= 0.3 is 0 Å². The van der Waals surface area contributed by atoms with Gasteiger partial charge in [0.15, 0.2) is 16.7 Å². The number of fused-ring (bicyclic) bond motifs is 1. The van der Waals surface area contributed by atoms with Crippen molar-refractivity contribution in [2.24, 2.45) is 4.99 Å². The van der Waals surface area contributed by atoms with Gasteiger partial charge in [0.2, 0.25) is 12.5 Å². The van der Waals surface area contributed by atoms with Crippen LogP contribution < -0.4 is 14.2 Å². The van der Waals surface area contributed by atoms with Crippen LogP contribution in [0.1, 0.15) is 33.3 Å². The molecule has 2 aliphatic heterocycles. The highest BCUT2D eigenvalue weighted by Gasteiger charge is 2.35. The number of hydrogen-bond acceptors (Lipinski definition) is 6. The molecule has 0 N–H and O–H groups in total. The van der Waals surface area contributed by atoms with E-state index in [0.29, 0.717) is 22.2 Å². The fraction of sp³-hybridized carbons (Fsp3) is 0.444. The molecule has 6 nitrogen and oxygen atoms in total. The second kappa shape index (κ2) is 7.00. The average Bonchev–Trinajstić information content (AvgIpc) is 3.11. The maximum absolute atomic E-state index is 12.8. The van der Waals surface area contributed by atoms with Crippen molar-refractivity contribution in [1.82, 2.24) is 4.90 Å².